The molecule has 1 atom stereocenters. The number of benzene rings is 2. The Kier molecular flexibility index (Phi) is 5.60. The first-order chi connectivity index (χ1) is 11.9. The van der Waals surface area contributed by atoms with Crippen LogP contribution < -0.4 is 0 Å². The summed E-state index contributed by atoms with van der Waals surface area (Å²) in [6, 6.07) is 18.9. The second kappa shape index (κ2) is 8.28. The van der Waals surface area contributed by atoms with E-state index >= 15 is 0 Å². The van der Waals surface area contributed by atoms with Crippen LogP contribution in [0.2, 0.25) is 0 Å². The predicted octanol–water partition coefficient (Wildman–Crippen LogP) is 5.31. The maximum Gasteiger partial charge on any atom is 0.0681 e. The van der Waals surface area contributed by atoms with Crippen molar-refractivity contribution in [2.45, 2.75) is 18.9 Å². The molecule has 0 saturated carbocycles. The number of aliphatic hydroxyl groups is 1. The molecule has 0 fully saturated rings. The normalized spacial score (nSPS) is 21.5. The zero-order valence-corrected chi connectivity index (χ0v) is 13.7. The molecule has 1 aliphatic carbocycles. The summed E-state index contributed by atoms with van der Waals surface area (Å²) in [5.41, 5.74) is 4.83. The summed E-state index contributed by atoms with van der Waals surface area (Å²) in [6.07, 6.45) is 15.7. The summed E-state index contributed by atoms with van der Waals surface area (Å²) in [5.74, 6) is 0.214. The highest BCUT2D eigenvalue weighted by Gasteiger charge is 2.18. The Bertz CT molecular complexity index is 761. The van der Waals surface area contributed by atoms with E-state index in [1.807, 2.05) is 18.2 Å². The van der Waals surface area contributed by atoms with Gasteiger partial charge in [0.15, 0.2) is 0 Å². The van der Waals surface area contributed by atoms with Crippen molar-refractivity contribution < 1.29 is 5.11 Å². The highest BCUT2D eigenvalue weighted by molar-refractivity contribution is 5.44. The van der Waals surface area contributed by atoms with Gasteiger partial charge in [-0.3, -0.25) is 0 Å². The van der Waals surface area contributed by atoms with Crippen LogP contribution in [0.1, 0.15) is 29.0 Å². The molecular formula is C23H22O. The van der Waals surface area contributed by atoms with E-state index in [4.69, 9.17) is 0 Å². The summed E-state index contributed by atoms with van der Waals surface area (Å²) in [7, 11) is 0. The molecule has 0 amide bonds. The van der Waals surface area contributed by atoms with Crippen LogP contribution in [0.3, 0.4) is 0 Å². The van der Waals surface area contributed by atoms with Crippen molar-refractivity contribution in [3.63, 3.8) is 0 Å². The van der Waals surface area contributed by atoms with Crippen molar-refractivity contribution in [1.29, 1.82) is 0 Å². The molecule has 1 aliphatic rings. The zero-order valence-electron chi connectivity index (χ0n) is 13.7. The van der Waals surface area contributed by atoms with E-state index in [-0.39, 0.29) is 12.5 Å². The van der Waals surface area contributed by atoms with E-state index in [9.17, 15) is 5.11 Å². The molecule has 120 valence electrons. The average molecular weight is 314 g/mol. The third-order valence-electron chi connectivity index (χ3n) is 4.24. The lowest BCUT2D eigenvalue weighted by Gasteiger charge is -2.21. The lowest BCUT2D eigenvalue weighted by Crippen LogP contribution is -2.05. The summed E-state index contributed by atoms with van der Waals surface area (Å²) in [6.45, 7) is 0.0795. The number of hydrogen-bond acceptors (Lipinski definition) is 1. The molecule has 1 nitrogen and oxygen atoms in total. The minimum atomic E-state index is 0.0795. The minimum absolute atomic E-state index is 0.0795. The fourth-order valence-electron chi connectivity index (χ4n) is 3.02. The minimum Gasteiger partial charge on any atom is -0.392 e. The van der Waals surface area contributed by atoms with Gasteiger partial charge >= 0.3 is 0 Å². The standard InChI is InChI=1S/C23H22O/c24-18-19-14-16-22(17-15-19)23(21-12-8-5-9-13-21)20-10-6-3-1-2-4-7-11-20/h1-10,12-17,23-24H,11,18H2/b2-1-,6-3-,7-4-,20-10+. The van der Waals surface area contributed by atoms with Crippen molar-refractivity contribution in [2.75, 3.05) is 0 Å². The van der Waals surface area contributed by atoms with Gasteiger partial charge in [-0.15, -0.1) is 0 Å². The SMILES string of the molecule is OCc1ccc(C(/C2=C/C=C\C=C/C=C\C2)c2ccccc2)cc1. The number of rotatable bonds is 4. The molecule has 0 bridgehead atoms. The molecule has 3 rings (SSSR count). The molecular weight excluding hydrogens is 292 g/mol. The van der Waals surface area contributed by atoms with Crippen molar-refractivity contribution in [3.05, 3.63) is 119 Å². The Morgan fingerprint density at radius 1 is 0.750 bits per heavy atom. The van der Waals surface area contributed by atoms with Crippen LogP contribution in [0.15, 0.2) is 103 Å². The highest BCUT2D eigenvalue weighted by Crippen LogP contribution is 2.34. The first-order valence-corrected chi connectivity index (χ1v) is 8.32. The summed E-state index contributed by atoms with van der Waals surface area (Å²) in [4.78, 5) is 0. The average Bonchev–Trinajstić information content (AvgIpc) is 2.78. The molecule has 1 heteroatoms. The molecule has 1 unspecified atom stereocenters. The largest absolute Gasteiger partial charge is 0.392 e. The topological polar surface area (TPSA) is 20.2 Å². The van der Waals surface area contributed by atoms with Crippen LogP contribution in [0, 0.1) is 0 Å². The molecule has 0 radical (unpaired) electrons. The predicted molar refractivity (Wildman–Crippen MR) is 101 cm³/mol. The zero-order chi connectivity index (χ0) is 16.6. The van der Waals surface area contributed by atoms with Gasteiger partial charge in [0.05, 0.1) is 6.61 Å². The fraction of sp³-hybridized carbons (Fsp3) is 0.130. The lowest BCUT2D eigenvalue weighted by atomic mass is 9.83. The monoisotopic (exact) mass is 314 g/mol. The fourth-order valence-corrected chi connectivity index (χ4v) is 3.02. The van der Waals surface area contributed by atoms with E-state index in [0.717, 1.165) is 12.0 Å². The van der Waals surface area contributed by atoms with Gasteiger partial charge in [0.25, 0.3) is 0 Å². The van der Waals surface area contributed by atoms with Crippen LogP contribution in [0.25, 0.3) is 0 Å². The van der Waals surface area contributed by atoms with Crippen molar-refractivity contribution in [2.24, 2.45) is 0 Å². The first-order valence-electron chi connectivity index (χ1n) is 8.32. The maximum atomic E-state index is 9.30. The van der Waals surface area contributed by atoms with E-state index in [2.05, 4.69) is 78.9 Å². The van der Waals surface area contributed by atoms with E-state index in [0.29, 0.717) is 0 Å². The summed E-state index contributed by atoms with van der Waals surface area (Å²) >= 11 is 0. The van der Waals surface area contributed by atoms with E-state index < -0.39 is 0 Å². The van der Waals surface area contributed by atoms with Gasteiger partial charge < -0.3 is 5.11 Å². The van der Waals surface area contributed by atoms with Gasteiger partial charge in [-0.05, 0) is 23.1 Å². The summed E-state index contributed by atoms with van der Waals surface area (Å²) in [5, 5.41) is 9.30. The third kappa shape index (κ3) is 4.01. The van der Waals surface area contributed by atoms with Crippen LogP contribution in [0.5, 0.6) is 0 Å². The molecule has 0 aromatic heterocycles. The molecule has 1 N–H and O–H groups in total. The smallest absolute Gasteiger partial charge is 0.0681 e. The number of aliphatic hydroxyl groups excluding tert-OH is 1. The first kappa shape index (κ1) is 16.2. The number of allylic oxidation sites excluding steroid dienone is 8. The van der Waals surface area contributed by atoms with E-state index in [1.54, 1.807) is 0 Å². The van der Waals surface area contributed by atoms with Gasteiger partial charge in [0.2, 0.25) is 0 Å². The Morgan fingerprint density at radius 3 is 2.17 bits per heavy atom. The maximum absolute atomic E-state index is 9.30. The Labute approximate surface area is 144 Å². The Balaban J connectivity index is 2.04. The molecule has 0 spiro atoms. The van der Waals surface area contributed by atoms with Gasteiger partial charge in [-0.2, -0.15) is 0 Å². The van der Waals surface area contributed by atoms with Crippen molar-refractivity contribution in [3.8, 4) is 0 Å². The van der Waals surface area contributed by atoms with Gasteiger partial charge in [-0.25, -0.2) is 0 Å². The van der Waals surface area contributed by atoms with Gasteiger partial charge in [-0.1, -0.05) is 103 Å². The lowest BCUT2D eigenvalue weighted by molar-refractivity contribution is 0.282. The molecule has 2 aromatic carbocycles. The molecule has 0 saturated heterocycles. The molecule has 0 heterocycles. The van der Waals surface area contributed by atoms with Crippen molar-refractivity contribution in [1.82, 2.24) is 0 Å². The van der Waals surface area contributed by atoms with Crippen molar-refractivity contribution >= 4 is 0 Å². The quantitative estimate of drug-likeness (QED) is 0.811. The molecule has 2 aromatic rings. The number of hydrogen-bond donors (Lipinski definition) is 1. The third-order valence-corrected chi connectivity index (χ3v) is 4.24. The Hall–Kier alpha value is -2.64. The molecule has 0 aliphatic heterocycles. The highest BCUT2D eigenvalue weighted by atomic mass is 16.3. The van der Waals surface area contributed by atoms with Crippen LogP contribution in [0.4, 0.5) is 0 Å². The summed E-state index contributed by atoms with van der Waals surface area (Å²) < 4.78 is 0. The molecule has 24 heavy (non-hydrogen) atoms. The van der Waals surface area contributed by atoms with Crippen LogP contribution >= 0.6 is 0 Å². The second-order valence-electron chi connectivity index (χ2n) is 5.89. The Morgan fingerprint density at radius 2 is 1.42 bits per heavy atom. The van der Waals surface area contributed by atoms with Gasteiger partial charge in [0.1, 0.15) is 0 Å². The van der Waals surface area contributed by atoms with Gasteiger partial charge in [0, 0.05) is 5.92 Å². The van der Waals surface area contributed by atoms with Crippen LogP contribution in [-0.4, -0.2) is 5.11 Å². The second-order valence-corrected chi connectivity index (χ2v) is 5.89. The van der Waals surface area contributed by atoms with E-state index in [1.165, 1.54) is 16.7 Å². The van der Waals surface area contributed by atoms with Crippen LogP contribution in [-0.2, 0) is 6.61 Å².